The third kappa shape index (κ3) is 1.61. The maximum absolute atomic E-state index is 11.8. The van der Waals surface area contributed by atoms with Gasteiger partial charge in [0, 0.05) is 11.9 Å². The number of thiophene rings is 1. The average molecular weight is 238 g/mol. The first-order chi connectivity index (χ1) is 7.56. The molecule has 0 radical (unpaired) electrons. The fourth-order valence-corrected chi connectivity index (χ4v) is 3.62. The van der Waals surface area contributed by atoms with Gasteiger partial charge in [0.25, 0.3) is 5.91 Å². The van der Waals surface area contributed by atoms with Crippen LogP contribution in [-0.2, 0) is 6.42 Å². The monoisotopic (exact) mass is 238 g/mol. The van der Waals surface area contributed by atoms with Crippen molar-refractivity contribution in [2.75, 3.05) is 12.8 Å². The normalized spacial score (nSPS) is 23.9. The lowest BCUT2D eigenvalue weighted by Gasteiger charge is -2.26. The number of nitrogen functional groups attached to an aromatic ring is 1. The lowest BCUT2D eigenvalue weighted by atomic mass is 9.79. The first-order valence-electron chi connectivity index (χ1n) is 5.69. The molecule has 88 valence electrons. The molecule has 1 aromatic rings. The third-order valence-electron chi connectivity index (χ3n) is 3.64. The van der Waals surface area contributed by atoms with E-state index < -0.39 is 0 Å². The fourth-order valence-electron chi connectivity index (χ4n) is 2.43. The molecule has 3 nitrogen and oxygen atoms in total. The number of aryl methyl sites for hydroxylation is 1. The van der Waals surface area contributed by atoms with E-state index in [1.54, 1.807) is 18.4 Å². The molecule has 1 amide bonds. The molecule has 2 atom stereocenters. The molecule has 0 spiro atoms. The molecule has 0 saturated carbocycles. The van der Waals surface area contributed by atoms with Gasteiger partial charge in [0.05, 0.1) is 10.6 Å². The number of carbonyl (C=O) groups excluding carboxylic acids is 1. The van der Waals surface area contributed by atoms with Crippen molar-refractivity contribution in [1.82, 2.24) is 5.32 Å². The number of amides is 1. The molecule has 1 aliphatic rings. The van der Waals surface area contributed by atoms with E-state index in [0.29, 0.717) is 16.8 Å². The van der Waals surface area contributed by atoms with E-state index in [1.165, 1.54) is 16.9 Å². The van der Waals surface area contributed by atoms with Crippen molar-refractivity contribution in [2.45, 2.75) is 32.6 Å². The SMILES string of the molecule is CNC(=O)c1c(N)sc2c1C(C)C(C)CC2. The summed E-state index contributed by atoms with van der Waals surface area (Å²) in [6.07, 6.45) is 2.26. The lowest BCUT2D eigenvalue weighted by Crippen LogP contribution is -2.23. The van der Waals surface area contributed by atoms with Gasteiger partial charge in [0.1, 0.15) is 0 Å². The summed E-state index contributed by atoms with van der Waals surface area (Å²) in [5, 5.41) is 3.35. The Morgan fingerprint density at radius 1 is 1.50 bits per heavy atom. The molecular formula is C12H18N2OS. The second kappa shape index (κ2) is 4.09. The predicted octanol–water partition coefficient (Wildman–Crippen LogP) is 2.38. The molecule has 2 rings (SSSR count). The van der Waals surface area contributed by atoms with Gasteiger partial charge < -0.3 is 11.1 Å². The van der Waals surface area contributed by atoms with Crippen LogP contribution < -0.4 is 11.1 Å². The first kappa shape index (κ1) is 11.5. The summed E-state index contributed by atoms with van der Waals surface area (Å²) < 4.78 is 0. The van der Waals surface area contributed by atoms with Gasteiger partial charge in [-0.2, -0.15) is 0 Å². The van der Waals surface area contributed by atoms with Crippen LogP contribution in [0.5, 0.6) is 0 Å². The van der Waals surface area contributed by atoms with E-state index in [4.69, 9.17) is 5.73 Å². The molecule has 0 saturated heterocycles. The summed E-state index contributed by atoms with van der Waals surface area (Å²) in [7, 11) is 1.66. The van der Waals surface area contributed by atoms with Crippen molar-refractivity contribution in [2.24, 2.45) is 5.92 Å². The van der Waals surface area contributed by atoms with Gasteiger partial charge in [-0.1, -0.05) is 13.8 Å². The number of hydrogen-bond donors (Lipinski definition) is 2. The van der Waals surface area contributed by atoms with Crippen LogP contribution in [0, 0.1) is 5.92 Å². The summed E-state index contributed by atoms with van der Waals surface area (Å²) in [5.41, 5.74) is 7.88. The van der Waals surface area contributed by atoms with E-state index >= 15 is 0 Å². The van der Waals surface area contributed by atoms with Crippen molar-refractivity contribution >= 4 is 22.2 Å². The van der Waals surface area contributed by atoms with Crippen molar-refractivity contribution in [1.29, 1.82) is 0 Å². The Bertz CT molecular complexity index is 425. The number of hydrogen-bond acceptors (Lipinski definition) is 3. The van der Waals surface area contributed by atoms with Crippen LogP contribution in [-0.4, -0.2) is 13.0 Å². The van der Waals surface area contributed by atoms with Gasteiger partial charge in [-0.15, -0.1) is 11.3 Å². The Labute approximate surface area is 100 Å². The minimum atomic E-state index is -0.0454. The summed E-state index contributed by atoms with van der Waals surface area (Å²) in [6, 6.07) is 0. The quantitative estimate of drug-likeness (QED) is 0.789. The smallest absolute Gasteiger partial charge is 0.254 e. The lowest BCUT2D eigenvalue weighted by molar-refractivity contribution is 0.0962. The van der Waals surface area contributed by atoms with Crippen LogP contribution in [0.2, 0.25) is 0 Å². The molecular weight excluding hydrogens is 220 g/mol. The third-order valence-corrected chi connectivity index (χ3v) is 4.73. The van der Waals surface area contributed by atoms with E-state index in [1.807, 2.05) is 0 Å². The first-order valence-corrected chi connectivity index (χ1v) is 6.51. The highest BCUT2D eigenvalue weighted by atomic mass is 32.1. The molecule has 0 fully saturated rings. The largest absolute Gasteiger partial charge is 0.390 e. The predicted molar refractivity (Wildman–Crippen MR) is 68.0 cm³/mol. The van der Waals surface area contributed by atoms with Gasteiger partial charge >= 0.3 is 0 Å². The van der Waals surface area contributed by atoms with Crippen molar-refractivity contribution < 1.29 is 4.79 Å². The molecule has 1 heterocycles. The number of nitrogens with two attached hydrogens (primary N) is 1. The van der Waals surface area contributed by atoms with Crippen LogP contribution in [0.3, 0.4) is 0 Å². The standard InChI is InChI=1S/C12H18N2OS/c1-6-4-5-8-9(7(6)2)10(11(13)16-8)12(15)14-3/h6-7H,4-5,13H2,1-3H3,(H,14,15). The van der Waals surface area contributed by atoms with Crippen LogP contribution in [0.15, 0.2) is 0 Å². The molecule has 0 aromatic carbocycles. The van der Waals surface area contributed by atoms with E-state index in [0.717, 1.165) is 12.0 Å². The van der Waals surface area contributed by atoms with Crippen LogP contribution in [0.4, 0.5) is 5.00 Å². The molecule has 3 N–H and O–H groups in total. The summed E-state index contributed by atoms with van der Waals surface area (Å²) >= 11 is 1.58. The Morgan fingerprint density at radius 3 is 2.81 bits per heavy atom. The Morgan fingerprint density at radius 2 is 2.19 bits per heavy atom. The number of carbonyl (C=O) groups is 1. The summed E-state index contributed by atoms with van der Waals surface area (Å²) in [6.45, 7) is 4.44. The van der Waals surface area contributed by atoms with Gasteiger partial charge in [-0.25, -0.2) is 0 Å². The highest BCUT2D eigenvalue weighted by molar-refractivity contribution is 7.16. The minimum Gasteiger partial charge on any atom is -0.390 e. The number of anilines is 1. The molecule has 1 aromatic heterocycles. The molecule has 16 heavy (non-hydrogen) atoms. The highest BCUT2D eigenvalue weighted by Crippen LogP contribution is 2.44. The Balaban J connectivity index is 2.54. The van der Waals surface area contributed by atoms with Crippen molar-refractivity contribution in [3.8, 4) is 0 Å². The van der Waals surface area contributed by atoms with E-state index in [-0.39, 0.29) is 5.91 Å². The fraction of sp³-hybridized carbons (Fsp3) is 0.583. The van der Waals surface area contributed by atoms with Gasteiger partial charge in [0.2, 0.25) is 0 Å². The Hall–Kier alpha value is -1.03. The second-order valence-electron chi connectivity index (χ2n) is 4.56. The minimum absolute atomic E-state index is 0.0454. The zero-order valence-electron chi connectivity index (χ0n) is 9.96. The average Bonchev–Trinajstić information content (AvgIpc) is 2.60. The van der Waals surface area contributed by atoms with Crippen molar-refractivity contribution in [3.05, 3.63) is 16.0 Å². The number of nitrogens with one attached hydrogen (secondary N) is 1. The van der Waals surface area contributed by atoms with Crippen LogP contribution >= 0.6 is 11.3 Å². The Kier molecular flexibility index (Phi) is 2.93. The molecule has 0 bridgehead atoms. The zero-order chi connectivity index (χ0) is 11.9. The molecule has 1 aliphatic carbocycles. The van der Waals surface area contributed by atoms with Crippen LogP contribution in [0.25, 0.3) is 0 Å². The number of rotatable bonds is 1. The highest BCUT2D eigenvalue weighted by Gasteiger charge is 2.31. The topological polar surface area (TPSA) is 55.1 Å². The summed E-state index contributed by atoms with van der Waals surface area (Å²) in [4.78, 5) is 13.1. The number of fused-ring (bicyclic) bond motifs is 1. The van der Waals surface area contributed by atoms with Gasteiger partial charge in [0.15, 0.2) is 0 Å². The maximum Gasteiger partial charge on any atom is 0.254 e. The van der Waals surface area contributed by atoms with Gasteiger partial charge in [-0.3, -0.25) is 4.79 Å². The molecule has 2 unspecified atom stereocenters. The van der Waals surface area contributed by atoms with E-state index in [9.17, 15) is 4.79 Å². The maximum atomic E-state index is 11.8. The van der Waals surface area contributed by atoms with Gasteiger partial charge in [-0.05, 0) is 30.2 Å². The van der Waals surface area contributed by atoms with Crippen molar-refractivity contribution in [3.63, 3.8) is 0 Å². The van der Waals surface area contributed by atoms with Crippen LogP contribution in [0.1, 0.15) is 47.0 Å². The summed E-state index contributed by atoms with van der Waals surface area (Å²) in [5.74, 6) is 1.02. The zero-order valence-corrected chi connectivity index (χ0v) is 10.8. The second-order valence-corrected chi connectivity index (χ2v) is 5.70. The molecule has 4 heteroatoms. The van der Waals surface area contributed by atoms with E-state index in [2.05, 4.69) is 19.2 Å². The molecule has 0 aliphatic heterocycles.